The zero-order valence-corrected chi connectivity index (χ0v) is 11.1. The highest BCUT2D eigenvalue weighted by Crippen LogP contribution is 2.29. The third-order valence-electron chi connectivity index (χ3n) is 2.61. The summed E-state index contributed by atoms with van der Waals surface area (Å²) in [6.45, 7) is 3.83. The van der Waals surface area contributed by atoms with E-state index in [1.165, 1.54) is 23.6 Å². The van der Waals surface area contributed by atoms with E-state index in [0.717, 1.165) is 16.6 Å². The van der Waals surface area contributed by atoms with Gasteiger partial charge in [0.05, 0.1) is 29.1 Å². The fraction of sp³-hybridized carbons (Fsp3) is 0.333. The molecule has 7 heteroatoms. The summed E-state index contributed by atoms with van der Waals surface area (Å²) >= 11 is 1.51. The van der Waals surface area contributed by atoms with Crippen LogP contribution in [0.15, 0.2) is 23.8 Å². The Morgan fingerprint density at radius 3 is 2.47 bits per heavy atom. The average Bonchev–Trinajstić information content (AvgIpc) is 2.75. The number of nitrogens with one attached hydrogen (secondary N) is 1. The summed E-state index contributed by atoms with van der Waals surface area (Å²) in [6, 6.07) is 2.32. The van der Waals surface area contributed by atoms with Crippen molar-refractivity contribution < 1.29 is 13.2 Å². The number of hydrogen-bond acceptors (Lipinski definition) is 4. The van der Waals surface area contributed by atoms with E-state index in [2.05, 4.69) is 15.3 Å². The second kappa shape index (κ2) is 5.16. The normalized spacial score (nSPS) is 13.3. The van der Waals surface area contributed by atoms with Crippen LogP contribution in [0.25, 0.3) is 0 Å². The SMILES string of the molecule is Cc1ncsc1C(C)Nc1ccc(C(F)(F)F)nc1. The monoisotopic (exact) mass is 287 g/mol. The van der Waals surface area contributed by atoms with Gasteiger partial charge in [-0.25, -0.2) is 9.97 Å². The third-order valence-corrected chi connectivity index (χ3v) is 3.73. The molecule has 0 aliphatic carbocycles. The minimum absolute atomic E-state index is 0.0222. The lowest BCUT2D eigenvalue weighted by molar-refractivity contribution is -0.141. The molecule has 1 atom stereocenters. The molecule has 0 radical (unpaired) electrons. The van der Waals surface area contributed by atoms with E-state index in [0.29, 0.717) is 5.69 Å². The van der Waals surface area contributed by atoms with Crippen molar-refractivity contribution >= 4 is 17.0 Å². The van der Waals surface area contributed by atoms with Crippen LogP contribution in [0.3, 0.4) is 0 Å². The molecule has 0 bridgehead atoms. The molecule has 1 unspecified atom stereocenters. The number of nitrogens with zero attached hydrogens (tertiary/aromatic N) is 2. The van der Waals surface area contributed by atoms with Crippen LogP contribution in [0.5, 0.6) is 0 Å². The number of rotatable bonds is 3. The largest absolute Gasteiger partial charge is 0.433 e. The lowest BCUT2D eigenvalue weighted by Crippen LogP contribution is -2.10. The first-order valence-corrected chi connectivity index (χ1v) is 6.45. The van der Waals surface area contributed by atoms with Gasteiger partial charge >= 0.3 is 6.18 Å². The topological polar surface area (TPSA) is 37.8 Å². The van der Waals surface area contributed by atoms with E-state index in [4.69, 9.17) is 0 Å². The van der Waals surface area contributed by atoms with Gasteiger partial charge in [0.15, 0.2) is 0 Å². The maximum Gasteiger partial charge on any atom is 0.433 e. The Balaban J connectivity index is 2.10. The number of hydrogen-bond donors (Lipinski definition) is 1. The first-order chi connectivity index (χ1) is 8.88. The molecule has 0 aromatic carbocycles. The molecular formula is C12H12F3N3S. The maximum atomic E-state index is 12.4. The number of aryl methyl sites for hydroxylation is 1. The number of alkyl halides is 3. The Hall–Kier alpha value is -1.63. The van der Waals surface area contributed by atoms with Gasteiger partial charge in [0.25, 0.3) is 0 Å². The molecule has 2 aromatic heterocycles. The Bertz CT molecular complexity index is 548. The smallest absolute Gasteiger partial charge is 0.376 e. The zero-order valence-electron chi connectivity index (χ0n) is 10.3. The van der Waals surface area contributed by atoms with E-state index in [-0.39, 0.29) is 6.04 Å². The van der Waals surface area contributed by atoms with Gasteiger partial charge in [-0.05, 0) is 26.0 Å². The van der Waals surface area contributed by atoms with Gasteiger partial charge in [-0.15, -0.1) is 11.3 Å². The summed E-state index contributed by atoms with van der Waals surface area (Å²) in [5.41, 5.74) is 2.33. The van der Waals surface area contributed by atoms with Crippen molar-refractivity contribution in [3.8, 4) is 0 Å². The van der Waals surface area contributed by atoms with Crippen LogP contribution in [0.4, 0.5) is 18.9 Å². The summed E-state index contributed by atoms with van der Waals surface area (Å²) < 4.78 is 37.1. The summed E-state index contributed by atoms with van der Waals surface area (Å²) in [5, 5.41) is 3.10. The first-order valence-electron chi connectivity index (χ1n) is 5.57. The second-order valence-corrected chi connectivity index (χ2v) is 4.98. The lowest BCUT2D eigenvalue weighted by Gasteiger charge is -2.14. The number of halogens is 3. The van der Waals surface area contributed by atoms with Gasteiger partial charge in [0, 0.05) is 4.88 Å². The quantitative estimate of drug-likeness (QED) is 0.925. The minimum atomic E-state index is -4.40. The van der Waals surface area contributed by atoms with Crippen LogP contribution in [-0.2, 0) is 6.18 Å². The average molecular weight is 287 g/mol. The Morgan fingerprint density at radius 1 is 1.26 bits per heavy atom. The van der Waals surface area contributed by atoms with Crippen molar-refractivity contribution in [1.82, 2.24) is 9.97 Å². The van der Waals surface area contributed by atoms with Crippen LogP contribution in [0, 0.1) is 6.92 Å². The summed E-state index contributed by atoms with van der Waals surface area (Å²) in [4.78, 5) is 8.60. The fourth-order valence-electron chi connectivity index (χ4n) is 1.69. The van der Waals surface area contributed by atoms with Crippen molar-refractivity contribution in [1.29, 1.82) is 0 Å². The molecule has 0 aliphatic rings. The van der Waals surface area contributed by atoms with Crippen molar-refractivity contribution in [2.75, 3.05) is 5.32 Å². The van der Waals surface area contributed by atoms with Gasteiger partial charge in [0.2, 0.25) is 0 Å². The van der Waals surface area contributed by atoms with Crippen molar-refractivity contribution in [2.45, 2.75) is 26.1 Å². The molecule has 2 aromatic rings. The van der Waals surface area contributed by atoms with Gasteiger partial charge in [0.1, 0.15) is 5.69 Å². The van der Waals surface area contributed by atoms with E-state index >= 15 is 0 Å². The molecule has 0 saturated carbocycles. The molecule has 0 spiro atoms. The lowest BCUT2D eigenvalue weighted by atomic mass is 10.2. The van der Waals surface area contributed by atoms with Crippen LogP contribution in [0.1, 0.15) is 29.2 Å². The van der Waals surface area contributed by atoms with E-state index in [1.807, 2.05) is 13.8 Å². The first kappa shape index (κ1) is 13.8. The predicted octanol–water partition coefficient (Wildman–Crippen LogP) is 4.04. The van der Waals surface area contributed by atoms with Gasteiger partial charge in [-0.1, -0.05) is 0 Å². The molecular weight excluding hydrogens is 275 g/mol. The van der Waals surface area contributed by atoms with Crippen molar-refractivity contribution in [3.63, 3.8) is 0 Å². The molecule has 0 amide bonds. The highest BCUT2D eigenvalue weighted by molar-refractivity contribution is 7.09. The highest BCUT2D eigenvalue weighted by atomic mass is 32.1. The highest BCUT2D eigenvalue weighted by Gasteiger charge is 2.32. The molecule has 0 fully saturated rings. The Labute approximate surface area is 112 Å². The van der Waals surface area contributed by atoms with Crippen LogP contribution < -0.4 is 5.32 Å². The molecule has 19 heavy (non-hydrogen) atoms. The number of pyridine rings is 1. The summed E-state index contributed by atoms with van der Waals surface area (Å²) in [5.74, 6) is 0. The molecule has 0 saturated heterocycles. The Kier molecular flexibility index (Phi) is 3.75. The van der Waals surface area contributed by atoms with Crippen LogP contribution in [-0.4, -0.2) is 9.97 Å². The van der Waals surface area contributed by atoms with Crippen molar-refractivity contribution in [3.05, 3.63) is 40.1 Å². The van der Waals surface area contributed by atoms with Gasteiger partial charge in [-0.2, -0.15) is 13.2 Å². The second-order valence-electron chi connectivity index (χ2n) is 4.10. The molecule has 3 nitrogen and oxygen atoms in total. The van der Waals surface area contributed by atoms with Gasteiger partial charge in [-0.3, -0.25) is 0 Å². The molecule has 1 N–H and O–H groups in total. The maximum absolute atomic E-state index is 12.4. The zero-order chi connectivity index (χ0) is 14.0. The number of thiazole rings is 1. The van der Waals surface area contributed by atoms with Gasteiger partial charge < -0.3 is 5.32 Å². The molecule has 0 aliphatic heterocycles. The third kappa shape index (κ3) is 3.23. The number of aromatic nitrogens is 2. The summed E-state index contributed by atoms with van der Waals surface area (Å²) in [6.07, 6.45) is -3.21. The van der Waals surface area contributed by atoms with E-state index in [1.54, 1.807) is 5.51 Å². The van der Waals surface area contributed by atoms with E-state index < -0.39 is 11.9 Å². The summed E-state index contributed by atoms with van der Waals surface area (Å²) in [7, 11) is 0. The molecule has 2 heterocycles. The Morgan fingerprint density at radius 2 is 2.00 bits per heavy atom. The van der Waals surface area contributed by atoms with E-state index in [9.17, 15) is 13.2 Å². The van der Waals surface area contributed by atoms with Crippen molar-refractivity contribution in [2.24, 2.45) is 0 Å². The van der Waals surface area contributed by atoms with Crippen LogP contribution in [0.2, 0.25) is 0 Å². The number of anilines is 1. The standard InChI is InChI=1S/C12H12F3N3S/c1-7-11(19-6-17-7)8(2)18-9-3-4-10(16-5-9)12(13,14)15/h3-6,8,18H,1-2H3. The molecule has 102 valence electrons. The predicted molar refractivity (Wildman–Crippen MR) is 68.1 cm³/mol. The fourth-order valence-corrected chi connectivity index (χ4v) is 2.50. The molecule has 2 rings (SSSR count). The van der Waals surface area contributed by atoms with Crippen LogP contribution >= 0.6 is 11.3 Å². The minimum Gasteiger partial charge on any atom is -0.376 e.